The number of anilines is 2. The van der Waals surface area contributed by atoms with E-state index in [1.807, 2.05) is 24.3 Å². The number of hydrogen-bond acceptors (Lipinski definition) is 8. The molecular weight excluding hydrogens is 386 g/mol. The van der Waals surface area contributed by atoms with Gasteiger partial charge in [0, 0.05) is 25.9 Å². The number of likely N-dealkylation sites (tertiary alicyclic amines) is 1. The van der Waals surface area contributed by atoms with E-state index < -0.39 is 6.10 Å². The lowest BCUT2D eigenvalue weighted by atomic mass is 10.2. The zero-order valence-corrected chi connectivity index (χ0v) is 16.1. The Balaban J connectivity index is 1.30. The number of aromatic amines is 1. The molecule has 0 aliphatic carbocycles. The van der Waals surface area contributed by atoms with Gasteiger partial charge in [0.05, 0.1) is 29.5 Å². The van der Waals surface area contributed by atoms with E-state index in [-0.39, 0.29) is 30.3 Å². The summed E-state index contributed by atoms with van der Waals surface area (Å²) >= 11 is 0. The summed E-state index contributed by atoms with van der Waals surface area (Å²) in [4.78, 5) is 34.5. The number of carbonyl (C=O) groups is 1. The molecule has 30 heavy (non-hydrogen) atoms. The van der Waals surface area contributed by atoms with Crippen molar-refractivity contribution >= 4 is 39.9 Å². The first-order valence-corrected chi connectivity index (χ1v) is 9.64. The van der Waals surface area contributed by atoms with Gasteiger partial charge < -0.3 is 31.0 Å². The number of aryl methyl sites for hydroxylation is 1. The molecule has 1 saturated heterocycles. The number of aliphatic hydroxyl groups excluding tert-OH is 1. The van der Waals surface area contributed by atoms with E-state index in [4.69, 9.17) is 11.5 Å². The Morgan fingerprint density at radius 2 is 2.03 bits per heavy atom. The minimum absolute atomic E-state index is 0.0352. The first-order chi connectivity index (χ1) is 14.5. The second-order valence-electron chi connectivity index (χ2n) is 7.43. The summed E-state index contributed by atoms with van der Waals surface area (Å²) in [7, 11) is 0. The number of aliphatic hydroxyl groups is 1. The number of aromatic nitrogens is 6. The molecule has 0 saturated carbocycles. The van der Waals surface area contributed by atoms with Crippen LogP contribution in [0.15, 0.2) is 30.6 Å². The van der Waals surface area contributed by atoms with E-state index in [1.165, 1.54) is 0 Å². The number of H-pyrrole nitrogens is 1. The maximum Gasteiger partial charge on any atom is 0.224 e. The van der Waals surface area contributed by atoms with E-state index >= 15 is 0 Å². The number of nitrogen functional groups attached to an aromatic ring is 2. The van der Waals surface area contributed by atoms with Crippen LogP contribution in [0.4, 0.5) is 11.8 Å². The van der Waals surface area contributed by atoms with Crippen molar-refractivity contribution in [3.8, 4) is 0 Å². The van der Waals surface area contributed by atoms with Crippen molar-refractivity contribution in [2.75, 3.05) is 24.6 Å². The molecule has 0 spiro atoms. The fourth-order valence-electron chi connectivity index (χ4n) is 3.95. The van der Waals surface area contributed by atoms with Gasteiger partial charge in [0.25, 0.3) is 0 Å². The molecule has 2 atom stereocenters. The number of fused-ring (bicyclic) bond motifs is 2. The van der Waals surface area contributed by atoms with Crippen LogP contribution in [0.25, 0.3) is 22.2 Å². The van der Waals surface area contributed by atoms with Crippen molar-refractivity contribution in [1.82, 2.24) is 34.4 Å². The number of imidazole rings is 2. The molecule has 1 fully saturated rings. The molecule has 0 radical (unpaired) electrons. The molecule has 5 rings (SSSR count). The average Bonchev–Trinajstić information content (AvgIpc) is 3.42. The Morgan fingerprint density at radius 1 is 1.20 bits per heavy atom. The summed E-state index contributed by atoms with van der Waals surface area (Å²) in [6.07, 6.45) is 1.59. The van der Waals surface area contributed by atoms with Crippen molar-refractivity contribution in [2.45, 2.75) is 25.0 Å². The highest BCUT2D eigenvalue weighted by Gasteiger charge is 2.36. The Bertz CT molecular complexity index is 1210. The van der Waals surface area contributed by atoms with Crippen LogP contribution in [0.5, 0.6) is 0 Å². The third-order valence-corrected chi connectivity index (χ3v) is 5.45. The molecule has 154 valence electrons. The van der Waals surface area contributed by atoms with Gasteiger partial charge in [-0.2, -0.15) is 9.97 Å². The minimum atomic E-state index is -0.755. The summed E-state index contributed by atoms with van der Waals surface area (Å²) in [6, 6.07) is 7.35. The van der Waals surface area contributed by atoms with Gasteiger partial charge in [0.2, 0.25) is 11.9 Å². The molecule has 3 aromatic heterocycles. The fraction of sp³-hybridized carbons (Fsp3) is 0.316. The van der Waals surface area contributed by atoms with E-state index in [0.29, 0.717) is 30.6 Å². The Labute approximate surface area is 170 Å². The number of nitrogens with one attached hydrogen (secondary N) is 1. The second kappa shape index (κ2) is 6.95. The zero-order valence-electron chi connectivity index (χ0n) is 16.1. The molecule has 4 heterocycles. The lowest BCUT2D eigenvalue weighted by Crippen LogP contribution is -2.29. The Hall–Kier alpha value is -3.73. The van der Waals surface area contributed by atoms with Crippen LogP contribution < -0.4 is 11.5 Å². The largest absolute Gasteiger partial charge is 0.389 e. The minimum Gasteiger partial charge on any atom is -0.389 e. The molecule has 0 unspecified atom stereocenters. The molecule has 4 aromatic rings. The lowest BCUT2D eigenvalue weighted by molar-refractivity contribution is -0.130. The Kier molecular flexibility index (Phi) is 4.24. The Morgan fingerprint density at radius 3 is 2.87 bits per heavy atom. The summed E-state index contributed by atoms with van der Waals surface area (Å²) in [5.41, 5.74) is 14.3. The SMILES string of the molecule is Nc1nc(N)c2ncn([C@H]3CN(C(=O)CCc4nc5ccccc5[nH]4)C[C@@H]3O)c2n1. The summed E-state index contributed by atoms with van der Waals surface area (Å²) in [5, 5.41) is 10.6. The number of nitrogens with zero attached hydrogens (tertiary/aromatic N) is 6. The number of hydrogen-bond donors (Lipinski definition) is 4. The predicted octanol–water partition coefficient (Wildman–Crippen LogP) is 0.244. The maximum atomic E-state index is 12.7. The van der Waals surface area contributed by atoms with Crippen molar-refractivity contribution in [3.05, 3.63) is 36.4 Å². The van der Waals surface area contributed by atoms with Gasteiger partial charge in [-0.25, -0.2) is 9.97 Å². The molecule has 1 aliphatic heterocycles. The molecule has 11 heteroatoms. The second-order valence-corrected chi connectivity index (χ2v) is 7.43. The van der Waals surface area contributed by atoms with Gasteiger partial charge in [0.15, 0.2) is 11.5 Å². The molecule has 1 aliphatic rings. The number of β-amino-alcohol motifs (C(OH)–C–C–N with tert-alkyl or cyclic N) is 1. The average molecular weight is 407 g/mol. The highest BCUT2D eigenvalue weighted by atomic mass is 16.3. The first-order valence-electron chi connectivity index (χ1n) is 9.64. The van der Waals surface area contributed by atoms with Crippen LogP contribution in [-0.2, 0) is 11.2 Å². The van der Waals surface area contributed by atoms with Gasteiger partial charge in [-0.1, -0.05) is 12.1 Å². The number of para-hydroxylation sites is 2. The standard InChI is InChI=1S/C19H21N9O2/c20-17-16-18(26-19(21)25-17)28(9-22-16)12-7-27(8-13(12)29)15(30)6-5-14-23-10-3-1-2-4-11(10)24-14/h1-4,9,12-13,29H,5-8H2,(H,23,24)(H4,20,21,25,26)/t12-,13-/m0/s1. The molecule has 1 aromatic carbocycles. The molecule has 0 bridgehead atoms. The number of carbonyl (C=O) groups excluding carboxylic acids is 1. The third kappa shape index (κ3) is 3.08. The first kappa shape index (κ1) is 18.3. The zero-order chi connectivity index (χ0) is 20.8. The lowest BCUT2D eigenvalue weighted by Gasteiger charge is -2.17. The van der Waals surface area contributed by atoms with Gasteiger partial charge in [0.1, 0.15) is 11.3 Å². The van der Waals surface area contributed by atoms with Crippen LogP contribution in [0, 0.1) is 0 Å². The van der Waals surface area contributed by atoms with E-state index in [1.54, 1.807) is 15.8 Å². The normalized spacial score (nSPS) is 19.2. The smallest absolute Gasteiger partial charge is 0.224 e. The summed E-state index contributed by atoms with van der Waals surface area (Å²) < 4.78 is 1.71. The van der Waals surface area contributed by atoms with Crippen LogP contribution >= 0.6 is 0 Å². The van der Waals surface area contributed by atoms with Crippen molar-refractivity contribution in [3.63, 3.8) is 0 Å². The predicted molar refractivity (Wildman–Crippen MR) is 110 cm³/mol. The van der Waals surface area contributed by atoms with Crippen LogP contribution in [0.3, 0.4) is 0 Å². The van der Waals surface area contributed by atoms with Crippen molar-refractivity contribution in [2.24, 2.45) is 0 Å². The summed E-state index contributed by atoms with van der Waals surface area (Å²) in [6.45, 7) is 0.578. The van der Waals surface area contributed by atoms with E-state index in [2.05, 4.69) is 24.9 Å². The number of benzene rings is 1. The highest BCUT2D eigenvalue weighted by molar-refractivity contribution is 5.83. The van der Waals surface area contributed by atoms with Crippen LogP contribution in [0.2, 0.25) is 0 Å². The topological polar surface area (TPSA) is 165 Å². The fourth-order valence-corrected chi connectivity index (χ4v) is 3.95. The maximum absolute atomic E-state index is 12.7. The number of rotatable bonds is 4. The van der Waals surface area contributed by atoms with Crippen molar-refractivity contribution in [1.29, 1.82) is 0 Å². The van der Waals surface area contributed by atoms with Crippen LogP contribution in [0.1, 0.15) is 18.3 Å². The van der Waals surface area contributed by atoms with Gasteiger partial charge in [-0.05, 0) is 12.1 Å². The van der Waals surface area contributed by atoms with Gasteiger partial charge in [-0.15, -0.1) is 0 Å². The molecular formula is C19H21N9O2. The highest BCUT2D eigenvalue weighted by Crippen LogP contribution is 2.28. The monoisotopic (exact) mass is 407 g/mol. The van der Waals surface area contributed by atoms with Crippen molar-refractivity contribution < 1.29 is 9.90 Å². The van der Waals surface area contributed by atoms with E-state index in [0.717, 1.165) is 16.9 Å². The quantitative estimate of drug-likeness (QED) is 0.373. The molecule has 6 N–H and O–H groups in total. The van der Waals surface area contributed by atoms with Gasteiger partial charge in [-0.3, -0.25) is 4.79 Å². The third-order valence-electron chi connectivity index (χ3n) is 5.45. The summed E-state index contributed by atoms with van der Waals surface area (Å²) in [5.74, 6) is 0.940. The van der Waals surface area contributed by atoms with Gasteiger partial charge >= 0.3 is 0 Å². The number of nitrogens with two attached hydrogens (primary N) is 2. The number of amides is 1. The molecule has 11 nitrogen and oxygen atoms in total. The van der Waals surface area contributed by atoms with E-state index in [9.17, 15) is 9.90 Å². The molecule has 1 amide bonds. The van der Waals surface area contributed by atoms with Crippen LogP contribution in [-0.4, -0.2) is 64.6 Å².